The minimum absolute atomic E-state index is 0.407. The topological polar surface area (TPSA) is 112 Å². The highest BCUT2D eigenvalue weighted by Gasteiger charge is 2.09. The van der Waals surface area contributed by atoms with Gasteiger partial charge >= 0.3 is 0 Å². The number of nitrogens with zero attached hydrogens (tertiary/aromatic N) is 2. The van der Waals surface area contributed by atoms with Crippen LogP contribution in [0, 0.1) is 11.3 Å². The average molecular weight is 350 g/mol. The predicted molar refractivity (Wildman–Crippen MR) is 105 cm³/mol. The molecule has 0 aliphatic heterocycles. The zero-order valence-corrected chi connectivity index (χ0v) is 15.3. The van der Waals surface area contributed by atoms with Crippen molar-refractivity contribution in [1.82, 2.24) is 15.3 Å². The molecule has 8 heteroatoms. The van der Waals surface area contributed by atoms with Crippen molar-refractivity contribution < 1.29 is 0 Å². The van der Waals surface area contributed by atoms with Crippen LogP contribution in [0.3, 0.4) is 0 Å². The largest absolute Gasteiger partial charge is 0.400 e. The van der Waals surface area contributed by atoms with E-state index in [4.69, 9.17) is 11.1 Å². The quantitative estimate of drug-likeness (QED) is 0.308. The van der Waals surface area contributed by atoms with Gasteiger partial charge < -0.3 is 27.1 Å². The number of thioether (sulfide) groups is 1. The van der Waals surface area contributed by atoms with E-state index in [0.29, 0.717) is 41.9 Å². The molecule has 0 bridgehead atoms. The van der Waals surface area contributed by atoms with Gasteiger partial charge in [-0.05, 0) is 23.3 Å². The van der Waals surface area contributed by atoms with Crippen molar-refractivity contribution >= 4 is 29.6 Å². The van der Waals surface area contributed by atoms with Crippen LogP contribution in [0.15, 0.2) is 28.9 Å². The molecule has 1 aromatic heterocycles. The summed E-state index contributed by atoms with van der Waals surface area (Å²) in [6.07, 6.45) is 2.70. The maximum Gasteiger partial charge on any atom is 0.140 e. The molecule has 24 heavy (non-hydrogen) atoms. The second-order valence-corrected chi connectivity index (χ2v) is 6.44. The lowest BCUT2D eigenvalue weighted by Crippen LogP contribution is -2.20. The number of hydrogen-bond acceptors (Lipinski definition) is 8. The molecular weight excluding hydrogens is 322 g/mol. The summed E-state index contributed by atoms with van der Waals surface area (Å²) in [5.74, 6) is 1.61. The van der Waals surface area contributed by atoms with Crippen LogP contribution in [0.4, 0.5) is 11.6 Å². The Balaban J connectivity index is 2.70. The van der Waals surface area contributed by atoms with Gasteiger partial charge in [0.25, 0.3) is 0 Å². The van der Waals surface area contributed by atoms with Crippen molar-refractivity contribution in [2.24, 2.45) is 11.7 Å². The lowest BCUT2D eigenvalue weighted by Gasteiger charge is -2.13. The van der Waals surface area contributed by atoms with Gasteiger partial charge in [-0.1, -0.05) is 20.4 Å². The summed E-state index contributed by atoms with van der Waals surface area (Å²) >= 11 is 1.54. The summed E-state index contributed by atoms with van der Waals surface area (Å²) in [5.41, 5.74) is 7.30. The van der Waals surface area contributed by atoms with E-state index >= 15 is 0 Å². The minimum atomic E-state index is 0.407. The molecule has 0 saturated heterocycles. The van der Waals surface area contributed by atoms with Gasteiger partial charge in [0.05, 0.1) is 12.1 Å². The van der Waals surface area contributed by atoms with Gasteiger partial charge in [-0.3, -0.25) is 0 Å². The van der Waals surface area contributed by atoms with Gasteiger partial charge in [0.1, 0.15) is 18.0 Å². The molecule has 0 spiro atoms. The Morgan fingerprint density at radius 1 is 1.33 bits per heavy atom. The number of anilines is 2. The first-order chi connectivity index (χ1) is 11.5. The fraction of sp³-hybridized carbons (Fsp3) is 0.438. The molecule has 0 radical (unpaired) electrons. The molecule has 0 aliphatic carbocycles. The molecule has 0 amide bonds. The number of aromatic nitrogens is 2. The Bertz CT molecular complexity index is 584. The van der Waals surface area contributed by atoms with Crippen molar-refractivity contribution in [3.63, 3.8) is 0 Å². The first kappa shape index (κ1) is 20.0. The highest BCUT2D eigenvalue weighted by molar-refractivity contribution is 8.05. The van der Waals surface area contributed by atoms with E-state index in [-0.39, 0.29) is 0 Å². The van der Waals surface area contributed by atoms with Crippen LogP contribution < -0.4 is 21.7 Å². The Labute approximate surface area is 148 Å². The fourth-order valence-electron chi connectivity index (χ4n) is 1.63. The molecule has 6 N–H and O–H groups in total. The molecule has 0 aliphatic rings. The van der Waals surface area contributed by atoms with Gasteiger partial charge in [0.15, 0.2) is 0 Å². The number of likely N-dealkylation sites (N-methyl/N-ethyl adjacent to an activating group) is 1. The number of rotatable bonds is 11. The Kier molecular flexibility index (Phi) is 8.88. The van der Waals surface area contributed by atoms with Gasteiger partial charge in [0, 0.05) is 25.0 Å². The summed E-state index contributed by atoms with van der Waals surface area (Å²) in [6.45, 7) is 10.1. The van der Waals surface area contributed by atoms with Gasteiger partial charge in [-0.25, -0.2) is 9.97 Å². The van der Waals surface area contributed by atoms with Crippen molar-refractivity contribution in [3.8, 4) is 0 Å². The van der Waals surface area contributed by atoms with E-state index in [1.165, 1.54) is 24.3 Å². The van der Waals surface area contributed by atoms with Crippen LogP contribution in [0.1, 0.15) is 19.4 Å². The Hall–Kier alpha value is -2.06. The van der Waals surface area contributed by atoms with Crippen LogP contribution in [0.2, 0.25) is 0 Å². The maximum absolute atomic E-state index is 7.61. The van der Waals surface area contributed by atoms with Gasteiger partial charge in [-0.2, -0.15) is 0 Å². The zero-order chi connectivity index (χ0) is 17.9. The first-order valence-electron chi connectivity index (χ1n) is 7.77. The minimum Gasteiger partial charge on any atom is -0.400 e. The van der Waals surface area contributed by atoms with Crippen molar-refractivity contribution in [1.29, 1.82) is 5.41 Å². The van der Waals surface area contributed by atoms with E-state index in [9.17, 15) is 0 Å². The molecule has 132 valence electrons. The lowest BCUT2D eigenvalue weighted by atomic mass is 10.2. The molecule has 0 unspecified atom stereocenters. The average Bonchev–Trinajstić information content (AvgIpc) is 2.57. The smallest absolute Gasteiger partial charge is 0.140 e. The Morgan fingerprint density at radius 3 is 2.58 bits per heavy atom. The SMILES string of the molecule is C=C(S/C=C(\N)CNc1ncnc(NCCNC)c1C=N)C(C)C. The number of nitrogens with two attached hydrogens (primary N) is 1. The number of nitrogens with one attached hydrogen (secondary N) is 4. The van der Waals surface area contributed by atoms with Crippen LogP contribution >= 0.6 is 11.8 Å². The summed E-state index contributed by atoms with van der Waals surface area (Å²) in [5, 5.41) is 18.9. The normalized spacial score (nSPS) is 11.4. The number of hydrogen-bond donors (Lipinski definition) is 5. The fourth-order valence-corrected chi connectivity index (χ4v) is 2.29. The monoisotopic (exact) mass is 349 g/mol. The van der Waals surface area contributed by atoms with Crippen molar-refractivity contribution in [2.75, 3.05) is 37.3 Å². The van der Waals surface area contributed by atoms with E-state index in [2.05, 4.69) is 46.3 Å². The number of allylic oxidation sites excluding steroid dienone is 1. The van der Waals surface area contributed by atoms with Crippen molar-refractivity contribution in [3.05, 3.63) is 34.5 Å². The molecule has 1 aromatic rings. The third kappa shape index (κ3) is 6.59. The molecule has 0 fully saturated rings. The molecule has 0 atom stereocenters. The second kappa shape index (κ2) is 10.7. The summed E-state index contributed by atoms with van der Waals surface area (Å²) in [6, 6.07) is 0. The summed E-state index contributed by atoms with van der Waals surface area (Å²) < 4.78 is 0. The standard InChI is InChI=1S/C16H27N7S/c1-11(2)12(3)24-9-13(18)8-21-16-14(7-17)15(22-10-23-16)20-6-5-19-4/h7,9-11,17,19H,3,5-6,8,18H2,1-2,4H3,(H2,20,21,22,23)/b13-9-,17-7?. The van der Waals surface area contributed by atoms with Crippen LogP contribution in [-0.2, 0) is 0 Å². The van der Waals surface area contributed by atoms with E-state index in [1.807, 2.05) is 12.5 Å². The van der Waals surface area contributed by atoms with E-state index in [1.54, 1.807) is 0 Å². The molecule has 0 aromatic carbocycles. The molecular formula is C16H27N7S. The molecule has 1 heterocycles. The molecule has 1 rings (SSSR count). The highest BCUT2D eigenvalue weighted by atomic mass is 32.2. The zero-order valence-electron chi connectivity index (χ0n) is 14.5. The molecule has 0 saturated carbocycles. The molecule has 7 nitrogen and oxygen atoms in total. The van der Waals surface area contributed by atoms with Crippen LogP contribution in [-0.4, -0.2) is 42.9 Å². The maximum atomic E-state index is 7.61. The highest BCUT2D eigenvalue weighted by Crippen LogP contribution is 2.23. The predicted octanol–water partition coefficient (Wildman–Crippen LogP) is 2.22. The van der Waals surface area contributed by atoms with E-state index in [0.717, 1.165) is 11.4 Å². The van der Waals surface area contributed by atoms with E-state index < -0.39 is 0 Å². The van der Waals surface area contributed by atoms with Crippen LogP contribution in [0.25, 0.3) is 0 Å². The third-order valence-corrected chi connectivity index (χ3v) is 4.36. The Morgan fingerprint density at radius 2 is 2.00 bits per heavy atom. The lowest BCUT2D eigenvalue weighted by molar-refractivity contribution is 0.820. The second-order valence-electron chi connectivity index (χ2n) is 5.44. The van der Waals surface area contributed by atoms with Crippen molar-refractivity contribution in [2.45, 2.75) is 13.8 Å². The summed E-state index contributed by atoms with van der Waals surface area (Å²) in [4.78, 5) is 9.45. The first-order valence-corrected chi connectivity index (χ1v) is 8.65. The summed E-state index contributed by atoms with van der Waals surface area (Å²) in [7, 11) is 1.88. The van der Waals surface area contributed by atoms with Gasteiger partial charge in [-0.15, -0.1) is 11.8 Å². The third-order valence-electron chi connectivity index (χ3n) is 3.16. The van der Waals surface area contributed by atoms with Gasteiger partial charge in [0.2, 0.25) is 0 Å². The van der Waals surface area contributed by atoms with Crippen LogP contribution in [0.5, 0.6) is 0 Å².